The van der Waals surface area contributed by atoms with Crippen LogP contribution in [0, 0.1) is 0 Å². The van der Waals surface area contributed by atoms with Crippen LogP contribution >= 0.6 is 0 Å². The smallest absolute Gasteiger partial charge is 0.399 e. The number of nitrogens with one attached hydrogen (secondary N) is 1. The van der Waals surface area contributed by atoms with E-state index in [1.807, 2.05) is 52.0 Å². The van der Waals surface area contributed by atoms with Crippen molar-refractivity contribution in [3.8, 4) is 0 Å². The fourth-order valence-electron chi connectivity index (χ4n) is 2.34. The van der Waals surface area contributed by atoms with Gasteiger partial charge < -0.3 is 14.3 Å². The predicted octanol–water partition coefficient (Wildman–Crippen LogP) is 1.83. The zero-order valence-corrected chi connectivity index (χ0v) is 12.2. The largest absolute Gasteiger partial charge is 0.494 e. The van der Waals surface area contributed by atoms with Gasteiger partial charge in [0.25, 0.3) is 5.56 Å². The summed E-state index contributed by atoms with van der Waals surface area (Å²) in [7, 11) is -0.399. The Morgan fingerprint density at radius 3 is 2.35 bits per heavy atom. The number of H-pyrrole nitrogens is 1. The van der Waals surface area contributed by atoms with Gasteiger partial charge in [-0.05, 0) is 50.7 Å². The summed E-state index contributed by atoms with van der Waals surface area (Å²) in [4.78, 5) is 14.4. The van der Waals surface area contributed by atoms with Crippen LogP contribution in [0.2, 0.25) is 0 Å². The van der Waals surface area contributed by atoms with Gasteiger partial charge in [-0.3, -0.25) is 4.79 Å². The van der Waals surface area contributed by atoms with Gasteiger partial charge in [0.05, 0.1) is 11.2 Å². The van der Waals surface area contributed by atoms with E-state index in [9.17, 15) is 4.79 Å². The Labute approximate surface area is 118 Å². The molecular formula is C15H18BNO3. The molecule has 5 heteroatoms. The van der Waals surface area contributed by atoms with Gasteiger partial charge in [-0.2, -0.15) is 0 Å². The van der Waals surface area contributed by atoms with Crippen molar-refractivity contribution < 1.29 is 9.31 Å². The zero-order valence-electron chi connectivity index (χ0n) is 12.2. The van der Waals surface area contributed by atoms with E-state index in [1.54, 1.807) is 6.20 Å². The molecule has 0 atom stereocenters. The quantitative estimate of drug-likeness (QED) is 0.805. The SMILES string of the molecule is CC1(C)OB(c2ccc3c(=O)[nH]ccc3c2)OC1(C)C. The predicted molar refractivity (Wildman–Crippen MR) is 80.3 cm³/mol. The lowest BCUT2D eigenvalue weighted by atomic mass is 9.78. The van der Waals surface area contributed by atoms with Crippen molar-refractivity contribution in [3.05, 3.63) is 40.8 Å². The molecule has 1 aromatic heterocycles. The van der Waals surface area contributed by atoms with Crippen LogP contribution in [0.15, 0.2) is 35.3 Å². The van der Waals surface area contributed by atoms with E-state index in [0.29, 0.717) is 5.39 Å². The highest BCUT2D eigenvalue weighted by Gasteiger charge is 2.51. The summed E-state index contributed by atoms with van der Waals surface area (Å²) in [5.74, 6) is 0. The van der Waals surface area contributed by atoms with Crippen molar-refractivity contribution in [2.24, 2.45) is 0 Å². The number of pyridine rings is 1. The maximum atomic E-state index is 11.7. The third-order valence-corrected chi connectivity index (χ3v) is 4.32. The van der Waals surface area contributed by atoms with Crippen LogP contribution in [-0.2, 0) is 9.31 Å². The van der Waals surface area contributed by atoms with Crippen LogP contribution in [0.3, 0.4) is 0 Å². The molecule has 2 heterocycles. The van der Waals surface area contributed by atoms with Gasteiger partial charge in [0, 0.05) is 11.6 Å². The van der Waals surface area contributed by atoms with Crippen LogP contribution in [-0.4, -0.2) is 23.3 Å². The summed E-state index contributed by atoms with van der Waals surface area (Å²) in [5, 5.41) is 1.56. The molecule has 2 aromatic rings. The van der Waals surface area contributed by atoms with Gasteiger partial charge in [-0.25, -0.2) is 0 Å². The van der Waals surface area contributed by atoms with Crippen molar-refractivity contribution in [3.63, 3.8) is 0 Å². The number of aromatic nitrogens is 1. The number of fused-ring (bicyclic) bond motifs is 1. The Bertz CT molecular complexity index is 704. The Hall–Kier alpha value is -1.59. The lowest BCUT2D eigenvalue weighted by molar-refractivity contribution is 0.00578. The van der Waals surface area contributed by atoms with Gasteiger partial charge in [0.15, 0.2) is 0 Å². The molecular weight excluding hydrogens is 253 g/mol. The number of hydrogen-bond acceptors (Lipinski definition) is 3. The maximum absolute atomic E-state index is 11.7. The monoisotopic (exact) mass is 271 g/mol. The average Bonchev–Trinajstić information content (AvgIpc) is 2.58. The second-order valence-electron chi connectivity index (χ2n) is 6.24. The second kappa shape index (κ2) is 4.20. The highest BCUT2D eigenvalue weighted by Crippen LogP contribution is 2.36. The molecule has 4 nitrogen and oxygen atoms in total. The summed E-state index contributed by atoms with van der Waals surface area (Å²) < 4.78 is 12.0. The molecule has 1 saturated heterocycles. The minimum Gasteiger partial charge on any atom is -0.399 e. The molecule has 20 heavy (non-hydrogen) atoms. The Morgan fingerprint density at radius 2 is 1.70 bits per heavy atom. The first-order valence-electron chi connectivity index (χ1n) is 6.77. The summed E-state index contributed by atoms with van der Waals surface area (Å²) in [6.07, 6.45) is 1.65. The minimum absolute atomic E-state index is 0.0806. The molecule has 1 aromatic carbocycles. The van der Waals surface area contributed by atoms with E-state index < -0.39 is 7.12 Å². The Morgan fingerprint density at radius 1 is 1.05 bits per heavy atom. The molecule has 1 aliphatic heterocycles. The maximum Gasteiger partial charge on any atom is 0.494 e. The molecule has 3 rings (SSSR count). The number of hydrogen-bond donors (Lipinski definition) is 1. The molecule has 0 radical (unpaired) electrons. The van der Waals surface area contributed by atoms with Crippen molar-refractivity contribution in [1.29, 1.82) is 0 Å². The standard InChI is InChI=1S/C15H18BNO3/c1-14(2)15(3,4)20-16(19-14)11-5-6-12-10(9-11)7-8-17-13(12)18/h5-9H,1-4H3,(H,17,18). The van der Waals surface area contributed by atoms with Gasteiger partial charge in [-0.1, -0.05) is 12.1 Å². The molecule has 104 valence electrons. The second-order valence-corrected chi connectivity index (χ2v) is 6.24. The first-order chi connectivity index (χ1) is 9.30. The summed E-state index contributed by atoms with van der Waals surface area (Å²) in [6.45, 7) is 8.11. The van der Waals surface area contributed by atoms with Crippen molar-refractivity contribution in [2.45, 2.75) is 38.9 Å². The van der Waals surface area contributed by atoms with Gasteiger partial charge in [0.2, 0.25) is 0 Å². The van der Waals surface area contributed by atoms with E-state index in [-0.39, 0.29) is 16.8 Å². The fraction of sp³-hybridized carbons (Fsp3) is 0.400. The number of rotatable bonds is 1. The Kier molecular flexibility index (Phi) is 2.82. The fourth-order valence-corrected chi connectivity index (χ4v) is 2.34. The molecule has 0 bridgehead atoms. The molecule has 1 fully saturated rings. The van der Waals surface area contributed by atoms with E-state index >= 15 is 0 Å². The molecule has 0 unspecified atom stereocenters. The molecule has 1 aliphatic rings. The summed E-state index contributed by atoms with van der Waals surface area (Å²) >= 11 is 0. The van der Waals surface area contributed by atoms with Crippen molar-refractivity contribution in [1.82, 2.24) is 4.98 Å². The lowest BCUT2D eigenvalue weighted by Crippen LogP contribution is -2.41. The first-order valence-corrected chi connectivity index (χ1v) is 6.77. The highest BCUT2D eigenvalue weighted by molar-refractivity contribution is 6.62. The highest BCUT2D eigenvalue weighted by atomic mass is 16.7. The molecule has 0 saturated carbocycles. The van der Waals surface area contributed by atoms with Gasteiger partial charge >= 0.3 is 7.12 Å². The third kappa shape index (κ3) is 1.98. The summed E-state index contributed by atoms with van der Waals surface area (Å²) in [5.41, 5.74) is 0.131. The van der Waals surface area contributed by atoms with Gasteiger partial charge in [-0.15, -0.1) is 0 Å². The van der Waals surface area contributed by atoms with E-state index in [1.165, 1.54) is 0 Å². The topological polar surface area (TPSA) is 51.3 Å². The number of benzene rings is 1. The molecule has 0 amide bonds. The van der Waals surface area contributed by atoms with Gasteiger partial charge in [0.1, 0.15) is 0 Å². The van der Waals surface area contributed by atoms with Crippen LogP contribution in [0.5, 0.6) is 0 Å². The van der Waals surface area contributed by atoms with Crippen molar-refractivity contribution >= 4 is 23.4 Å². The minimum atomic E-state index is -0.399. The number of aromatic amines is 1. The zero-order chi connectivity index (χ0) is 14.5. The molecule has 0 spiro atoms. The first kappa shape index (κ1) is 13.4. The Balaban J connectivity index is 2.03. The van der Waals surface area contributed by atoms with Crippen LogP contribution in [0.4, 0.5) is 0 Å². The normalized spacial score (nSPS) is 20.5. The van der Waals surface area contributed by atoms with Crippen LogP contribution < -0.4 is 11.0 Å². The average molecular weight is 271 g/mol. The molecule has 0 aliphatic carbocycles. The molecule has 1 N–H and O–H groups in total. The third-order valence-electron chi connectivity index (χ3n) is 4.32. The van der Waals surface area contributed by atoms with Crippen molar-refractivity contribution in [2.75, 3.05) is 0 Å². The lowest BCUT2D eigenvalue weighted by Gasteiger charge is -2.32. The van der Waals surface area contributed by atoms with E-state index in [0.717, 1.165) is 10.8 Å². The summed E-state index contributed by atoms with van der Waals surface area (Å²) in [6, 6.07) is 7.53. The van der Waals surface area contributed by atoms with Crippen LogP contribution in [0.25, 0.3) is 10.8 Å². The van der Waals surface area contributed by atoms with E-state index in [4.69, 9.17) is 9.31 Å². The van der Waals surface area contributed by atoms with Crippen LogP contribution in [0.1, 0.15) is 27.7 Å². The van der Waals surface area contributed by atoms with E-state index in [2.05, 4.69) is 4.98 Å².